The molecular formula is C30H63NO3P+. The molecular weight excluding hydrogens is 453 g/mol. The monoisotopic (exact) mass is 516 g/mol. The van der Waals surface area contributed by atoms with Crippen LogP contribution in [0.25, 0.3) is 0 Å². The van der Waals surface area contributed by atoms with Gasteiger partial charge in [0, 0.05) is 6.42 Å². The lowest BCUT2D eigenvalue weighted by atomic mass is 10.0. The number of quaternary nitrogens is 1. The Balaban J connectivity index is 3.42. The van der Waals surface area contributed by atoms with Crippen molar-refractivity contribution in [3.8, 4) is 0 Å². The molecule has 35 heavy (non-hydrogen) atoms. The minimum absolute atomic E-state index is 0.333. The second-order valence-corrected chi connectivity index (χ2v) is 13.5. The summed E-state index contributed by atoms with van der Waals surface area (Å²) in [5, 5.41) is 0. The zero-order valence-electron chi connectivity index (χ0n) is 24.4. The Morgan fingerprint density at radius 2 is 1.06 bits per heavy atom. The van der Waals surface area contributed by atoms with Crippen LogP contribution >= 0.6 is 7.60 Å². The third-order valence-corrected chi connectivity index (χ3v) is 9.24. The lowest BCUT2D eigenvalue weighted by Gasteiger charge is -2.35. The van der Waals surface area contributed by atoms with Gasteiger partial charge in [0.2, 0.25) is 0 Å². The maximum atomic E-state index is 12.7. The molecule has 0 aromatic heterocycles. The van der Waals surface area contributed by atoms with Crippen molar-refractivity contribution in [1.29, 1.82) is 0 Å². The Hall–Kier alpha value is -0.150. The minimum Gasteiger partial charge on any atom is -0.320 e. The van der Waals surface area contributed by atoms with E-state index >= 15 is 0 Å². The molecule has 0 aliphatic heterocycles. The van der Waals surface area contributed by atoms with Crippen molar-refractivity contribution in [2.24, 2.45) is 0 Å². The molecule has 2 unspecified atom stereocenters. The Labute approximate surface area is 220 Å². The van der Waals surface area contributed by atoms with Crippen LogP contribution in [0.2, 0.25) is 0 Å². The highest BCUT2D eigenvalue weighted by molar-refractivity contribution is 7.53. The van der Waals surface area contributed by atoms with E-state index < -0.39 is 7.60 Å². The maximum absolute atomic E-state index is 12.7. The Morgan fingerprint density at radius 3 is 1.46 bits per heavy atom. The van der Waals surface area contributed by atoms with Crippen LogP contribution in [0.15, 0.2) is 12.2 Å². The summed E-state index contributed by atoms with van der Waals surface area (Å²) in [6.07, 6.45) is 31.3. The smallest absolute Gasteiger partial charge is 0.320 e. The molecule has 0 radical (unpaired) electrons. The van der Waals surface area contributed by atoms with Gasteiger partial charge in [-0.2, -0.15) is 0 Å². The number of hydrogen-bond donors (Lipinski definition) is 1. The van der Waals surface area contributed by atoms with Crippen molar-refractivity contribution in [2.45, 2.75) is 154 Å². The highest BCUT2D eigenvalue weighted by Gasteiger charge is 2.41. The number of allylic oxidation sites excluding steroid dienone is 2. The van der Waals surface area contributed by atoms with E-state index in [2.05, 4.69) is 26.0 Å². The molecule has 4 nitrogen and oxygen atoms in total. The molecule has 0 aliphatic carbocycles. The molecule has 0 bridgehead atoms. The van der Waals surface area contributed by atoms with Crippen molar-refractivity contribution in [3.63, 3.8) is 0 Å². The van der Waals surface area contributed by atoms with E-state index in [1.165, 1.54) is 109 Å². The Bertz CT molecular complexity index is 530. The summed E-state index contributed by atoms with van der Waals surface area (Å²) in [5.74, 6) is -0.333. The fourth-order valence-corrected chi connectivity index (χ4v) is 6.79. The van der Waals surface area contributed by atoms with E-state index in [0.717, 1.165) is 25.7 Å². The van der Waals surface area contributed by atoms with Crippen LogP contribution in [0, 0.1) is 0 Å². The van der Waals surface area contributed by atoms with Crippen LogP contribution in [0.3, 0.4) is 0 Å². The van der Waals surface area contributed by atoms with Crippen molar-refractivity contribution >= 4 is 7.60 Å². The van der Waals surface area contributed by atoms with Crippen LogP contribution in [0.1, 0.15) is 149 Å². The van der Waals surface area contributed by atoms with Gasteiger partial charge in [-0.25, -0.2) is 0 Å². The molecule has 5 heteroatoms. The van der Waals surface area contributed by atoms with Crippen molar-refractivity contribution in [1.82, 2.24) is 0 Å². The van der Waals surface area contributed by atoms with Crippen molar-refractivity contribution in [3.05, 3.63) is 12.2 Å². The average Bonchev–Trinajstić information content (AvgIpc) is 2.80. The molecule has 0 spiro atoms. The van der Waals surface area contributed by atoms with Gasteiger partial charge in [-0.15, -0.1) is 0 Å². The summed E-state index contributed by atoms with van der Waals surface area (Å²) >= 11 is 0. The van der Waals surface area contributed by atoms with Gasteiger partial charge < -0.3 is 13.9 Å². The standard InChI is InChI=1S/C30H62NO3P/c1-6-8-9-10-11-12-13-14-15-16-17-18-19-20-21-22-23-24-25-26-27-29-34-35(32,33)30(28-7-2)31(3,4)5/h9-10,30H,6-8,11-29H2,1-5H3/p+1. The molecule has 0 rings (SSSR count). The fraction of sp³-hybridized carbons (Fsp3) is 0.933. The van der Waals surface area contributed by atoms with E-state index in [9.17, 15) is 9.46 Å². The summed E-state index contributed by atoms with van der Waals surface area (Å²) in [6, 6.07) is 0. The third-order valence-electron chi connectivity index (χ3n) is 6.98. The van der Waals surface area contributed by atoms with Gasteiger partial charge in [-0.3, -0.25) is 4.57 Å². The first kappa shape index (κ1) is 34.9. The Morgan fingerprint density at radius 1 is 0.657 bits per heavy atom. The fourth-order valence-electron chi connectivity index (χ4n) is 4.77. The second kappa shape index (κ2) is 23.0. The van der Waals surface area contributed by atoms with Gasteiger partial charge in [0.05, 0.1) is 27.7 Å². The number of hydrogen-bond acceptors (Lipinski definition) is 2. The van der Waals surface area contributed by atoms with E-state index in [4.69, 9.17) is 4.52 Å². The first-order valence-electron chi connectivity index (χ1n) is 15.2. The van der Waals surface area contributed by atoms with E-state index in [0.29, 0.717) is 11.1 Å². The van der Waals surface area contributed by atoms with Crippen LogP contribution in [-0.4, -0.2) is 42.9 Å². The molecule has 210 valence electrons. The highest BCUT2D eigenvalue weighted by Crippen LogP contribution is 2.51. The molecule has 0 saturated carbocycles. The largest absolute Gasteiger partial charge is 0.385 e. The molecule has 0 amide bonds. The molecule has 0 saturated heterocycles. The molecule has 0 fully saturated rings. The molecule has 0 aromatic rings. The first-order valence-corrected chi connectivity index (χ1v) is 16.8. The zero-order valence-corrected chi connectivity index (χ0v) is 25.3. The predicted molar refractivity (Wildman–Crippen MR) is 155 cm³/mol. The zero-order chi connectivity index (χ0) is 26.3. The van der Waals surface area contributed by atoms with Crippen LogP contribution in [-0.2, 0) is 9.09 Å². The number of rotatable bonds is 26. The van der Waals surface area contributed by atoms with E-state index in [1.54, 1.807) is 0 Å². The van der Waals surface area contributed by atoms with Crippen LogP contribution in [0.5, 0.6) is 0 Å². The number of nitrogens with zero attached hydrogens (tertiary/aromatic N) is 1. The van der Waals surface area contributed by atoms with Gasteiger partial charge in [0.1, 0.15) is 0 Å². The average molecular weight is 517 g/mol. The summed E-state index contributed by atoms with van der Waals surface area (Å²) in [4.78, 5) is 10.4. The molecule has 0 aliphatic rings. The lowest BCUT2D eigenvalue weighted by molar-refractivity contribution is -0.883. The van der Waals surface area contributed by atoms with Gasteiger partial charge in [0.25, 0.3) is 0 Å². The van der Waals surface area contributed by atoms with Crippen LogP contribution in [0.4, 0.5) is 0 Å². The van der Waals surface area contributed by atoms with Gasteiger partial charge in [-0.05, 0) is 32.1 Å². The van der Waals surface area contributed by atoms with Gasteiger partial charge in [-0.1, -0.05) is 122 Å². The van der Waals surface area contributed by atoms with Crippen molar-refractivity contribution < 1.29 is 18.5 Å². The highest BCUT2D eigenvalue weighted by atomic mass is 31.2. The van der Waals surface area contributed by atoms with Crippen LogP contribution < -0.4 is 0 Å². The third kappa shape index (κ3) is 21.6. The lowest BCUT2D eigenvalue weighted by Crippen LogP contribution is -2.45. The van der Waals surface area contributed by atoms with Gasteiger partial charge in [0.15, 0.2) is 5.78 Å². The molecule has 2 atom stereocenters. The summed E-state index contributed by atoms with van der Waals surface area (Å²) < 4.78 is 18.7. The molecule has 0 aromatic carbocycles. The summed E-state index contributed by atoms with van der Waals surface area (Å²) in [5.41, 5.74) is 0. The second-order valence-electron chi connectivity index (χ2n) is 11.5. The normalized spacial score (nSPS) is 15.0. The van der Waals surface area contributed by atoms with E-state index in [-0.39, 0.29) is 5.78 Å². The quantitative estimate of drug-likeness (QED) is 0.0538. The maximum Gasteiger partial charge on any atom is 0.385 e. The molecule has 0 heterocycles. The Kier molecular flexibility index (Phi) is 22.9. The number of unbranched alkanes of at least 4 members (excludes halogenated alkanes) is 17. The minimum atomic E-state index is -3.57. The summed E-state index contributed by atoms with van der Waals surface area (Å²) in [6.45, 7) is 4.70. The first-order chi connectivity index (χ1) is 16.8. The predicted octanol–water partition coefficient (Wildman–Crippen LogP) is 10.0. The SMILES string of the molecule is CCCC=CCCCCCCCCCCCCCCCCCCOP(=O)(O)C(CCC)[N+](C)(C)C. The molecule has 1 N–H and O–H groups in total. The topological polar surface area (TPSA) is 46.5 Å². The van der Waals surface area contributed by atoms with E-state index in [1.807, 2.05) is 21.1 Å². The van der Waals surface area contributed by atoms with Crippen molar-refractivity contribution in [2.75, 3.05) is 27.7 Å². The summed E-state index contributed by atoms with van der Waals surface area (Å²) in [7, 11) is 2.36. The van der Waals surface area contributed by atoms with Gasteiger partial charge >= 0.3 is 7.60 Å².